The van der Waals surface area contributed by atoms with Crippen LogP contribution in [0, 0.1) is 0 Å². The number of benzene rings is 1. The van der Waals surface area contributed by atoms with Gasteiger partial charge in [-0.1, -0.05) is 12.1 Å². The second-order valence-corrected chi connectivity index (χ2v) is 5.01. The first-order valence-corrected chi connectivity index (χ1v) is 6.68. The number of pyridine rings is 2. The van der Waals surface area contributed by atoms with E-state index < -0.39 is 0 Å². The Morgan fingerprint density at radius 3 is 2.67 bits per heavy atom. The quantitative estimate of drug-likeness (QED) is 0.723. The maximum atomic E-state index is 12.1. The Kier molecular flexibility index (Phi) is 3.36. The van der Waals surface area contributed by atoms with Gasteiger partial charge in [0.05, 0.1) is 11.2 Å². The average molecular weight is 277 g/mol. The Labute approximate surface area is 123 Å². The van der Waals surface area contributed by atoms with Crippen molar-refractivity contribution in [3.8, 4) is 11.3 Å². The lowest BCUT2D eigenvalue weighted by Crippen LogP contribution is -2.21. The molecule has 4 nitrogen and oxygen atoms in total. The second-order valence-electron chi connectivity index (χ2n) is 5.01. The highest BCUT2D eigenvalue weighted by Crippen LogP contribution is 2.26. The summed E-state index contributed by atoms with van der Waals surface area (Å²) in [4.78, 5) is 22.4. The van der Waals surface area contributed by atoms with Gasteiger partial charge in [-0.25, -0.2) is 0 Å². The molecule has 1 amide bonds. The van der Waals surface area contributed by atoms with Crippen LogP contribution < -0.4 is 0 Å². The number of carbonyl (C=O) groups excluding carboxylic acids is 1. The Balaban J connectivity index is 2.15. The molecular weight excluding hydrogens is 262 g/mol. The monoisotopic (exact) mass is 277 g/mol. The maximum absolute atomic E-state index is 12.1. The Hall–Kier alpha value is -2.75. The molecule has 0 atom stereocenters. The van der Waals surface area contributed by atoms with Gasteiger partial charge in [0.15, 0.2) is 0 Å². The lowest BCUT2D eigenvalue weighted by molar-refractivity contribution is 0.0827. The zero-order valence-corrected chi connectivity index (χ0v) is 11.9. The highest BCUT2D eigenvalue weighted by atomic mass is 16.2. The van der Waals surface area contributed by atoms with Gasteiger partial charge in [-0.2, -0.15) is 0 Å². The third-order valence-corrected chi connectivity index (χ3v) is 3.32. The Morgan fingerprint density at radius 2 is 1.86 bits per heavy atom. The van der Waals surface area contributed by atoms with Crippen LogP contribution in [-0.2, 0) is 0 Å². The molecule has 0 unspecified atom stereocenters. The summed E-state index contributed by atoms with van der Waals surface area (Å²) < 4.78 is 0. The fraction of sp³-hybridized carbons (Fsp3) is 0.118. The summed E-state index contributed by atoms with van der Waals surface area (Å²) in [5, 5.41) is 0.981. The Bertz CT molecular complexity index is 806. The second kappa shape index (κ2) is 5.32. The molecule has 0 spiro atoms. The van der Waals surface area contributed by atoms with E-state index in [0.29, 0.717) is 5.56 Å². The Morgan fingerprint density at radius 1 is 1.00 bits per heavy atom. The molecule has 2 aromatic heterocycles. The number of rotatable bonds is 2. The summed E-state index contributed by atoms with van der Waals surface area (Å²) in [6, 6.07) is 13.3. The molecule has 0 aliphatic heterocycles. The van der Waals surface area contributed by atoms with Gasteiger partial charge < -0.3 is 4.90 Å². The molecule has 4 heteroatoms. The molecule has 0 saturated heterocycles. The zero-order valence-electron chi connectivity index (χ0n) is 11.9. The average Bonchev–Trinajstić information content (AvgIpc) is 2.53. The first-order valence-electron chi connectivity index (χ1n) is 6.68. The molecule has 0 saturated carbocycles. The van der Waals surface area contributed by atoms with Gasteiger partial charge in [-0.3, -0.25) is 14.8 Å². The first kappa shape index (κ1) is 13.2. The van der Waals surface area contributed by atoms with Crippen molar-refractivity contribution in [2.45, 2.75) is 0 Å². The van der Waals surface area contributed by atoms with Crippen LogP contribution in [0.5, 0.6) is 0 Å². The molecule has 0 fully saturated rings. The van der Waals surface area contributed by atoms with Crippen LogP contribution >= 0.6 is 0 Å². The molecule has 21 heavy (non-hydrogen) atoms. The number of fused-ring (bicyclic) bond motifs is 1. The fourth-order valence-electron chi connectivity index (χ4n) is 2.29. The van der Waals surface area contributed by atoms with Crippen LogP contribution in [-0.4, -0.2) is 34.9 Å². The van der Waals surface area contributed by atoms with E-state index in [2.05, 4.69) is 9.97 Å². The van der Waals surface area contributed by atoms with Gasteiger partial charge >= 0.3 is 0 Å². The van der Waals surface area contributed by atoms with Gasteiger partial charge in [-0.15, -0.1) is 0 Å². The van der Waals surface area contributed by atoms with E-state index >= 15 is 0 Å². The summed E-state index contributed by atoms with van der Waals surface area (Å²) >= 11 is 0. The van der Waals surface area contributed by atoms with Crippen molar-refractivity contribution < 1.29 is 4.79 Å². The van der Waals surface area contributed by atoms with Gasteiger partial charge in [0.1, 0.15) is 0 Å². The molecule has 2 heterocycles. The molecule has 0 N–H and O–H groups in total. The number of hydrogen-bond donors (Lipinski definition) is 0. The molecule has 0 aliphatic rings. The number of carbonyl (C=O) groups is 1. The number of aromatic nitrogens is 2. The van der Waals surface area contributed by atoms with Crippen molar-refractivity contribution in [3.05, 3.63) is 60.4 Å². The predicted octanol–water partition coefficient (Wildman–Crippen LogP) is 3.00. The predicted molar refractivity (Wildman–Crippen MR) is 83.0 cm³/mol. The van der Waals surface area contributed by atoms with Crippen molar-refractivity contribution in [1.82, 2.24) is 14.9 Å². The van der Waals surface area contributed by atoms with E-state index in [4.69, 9.17) is 0 Å². The van der Waals surface area contributed by atoms with Crippen LogP contribution in [0.2, 0.25) is 0 Å². The van der Waals surface area contributed by atoms with Crippen LogP contribution in [0.15, 0.2) is 54.9 Å². The fourth-order valence-corrected chi connectivity index (χ4v) is 2.29. The topological polar surface area (TPSA) is 46.1 Å². The van der Waals surface area contributed by atoms with E-state index in [-0.39, 0.29) is 5.91 Å². The van der Waals surface area contributed by atoms with Crippen molar-refractivity contribution in [2.24, 2.45) is 0 Å². The smallest absolute Gasteiger partial charge is 0.253 e. The van der Waals surface area contributed by atoms with E-state index in [9.17, 15) is 4.79 Å². The molecule has 3 rings (SSSR count). The summed E-state index contributed by atoms with van der Waals surface area (Å²) in [6.07, 6.45) is 3.50. The van der Waals surface area contributed by atoms with Crippen LogP contribution in [0.3, 0.4) is 0 Å². The van der Waals surface area contributed by atoms with Crippen LogP contribution in [0.25, 0.3) is 22.2 Å². The van der Waals surface area contributed by atoms with E-state index in [1.54, 1.807) is 31.4 Å². The number of hydrogen-bond acceptors (Lipinski definition) is 3. The summed E-state index contributed by atoms with van der Waals surface area (Å²) in [7, 11) is 3.49. The van der Waals surface area contributed by atoms with Gasteiger partial charge in [0, 0.05) is 43.0 Å². The largest absolute Gasteiger partial charge is 0.345 e. The normalized spacial score (nSPS) is 10.6. The van der Waals surface area contributed by atoms with E-state index in [1.165, 1.54) is 0 Å². The zero-order chi connectivity index (χ0) is 14.8. The molecule has 0 aliphatic carbocycles. The molecule has 1 aromatic carbocycles. The van der Waals surface area contributed by atoms with Crippen molar-refractivity contribution in [1.29, 1.82) is 0 Å². The van der Waals surface area contributed by atoms with Gasteiger partial charge in [0.2, 0.25) is 0 Å². The highest BCUT2D eigenvalue weighted by Gasteiger charge is 2.11. The van der Waals surface area contributed by atoms with E-state index in [1.807, 2.05) is 42.5 Å². The van der Waals surface area contributed by atoms with E-state index in [0.717, 1.165) is 22.2 Å². The van der Waals surface area contributed by atoms with Crippen molar-refractivity contribution in [2.75, 3.05) is 14.1 Å². The minimum Gasteiger partial charge on any atom is -0.345 e. The third-order valence-electron chi connectivity index (χ3n) is 3.32. The lowest BCUT2D eigenvalue weighted by atomic mass is 10.0. The minimum absolute atomic E-state index is 0.0183. The summed E-state index contributed by atoms with van der Waals surface area (Å²) in [5.74, 6) is -0.0183. The maximum Gasteiger partial charge on any atom is 0.253 e. The van der Waals surface area contributed by atoms with Crippen LogP contribution in [0.4, 0.5) is 0 Å². The van der Waals surface area contributed by atoms with Gasteiger partial charge in [-0.05, 0) is 30.3 Å². The molecule has 0 bridgehead atoms. The number of nitrogens with zero attached hydrogens (tertiary/aromatic N) is 3. The molecular formula is C17H15N3O. The SMILES string of the molecule is CN(C)C(=O)c1cccc(-c2nccc3ncccc23)c1. The lowest BCUT2D eigenvalue weighted by Gasteiger charge is -2.11. The van der Waals surface area contributed by atoms with Crippen molar-refractivity contribution >= 4 is 16.8 Å². The third kappa shape index (κ3) is 2.48. The highest BCUT2D eigenvalue weighted by molar-refractivity contribution is 5.97. The summed E-state index contributed by atoms with van der Waals surface area (Å²) in [6.45, 7) is 0. The summed E-state index contributed by atoms with van der Waals surface area (Å²) in [5.41, 5.74) is 3.31. The first-order chi connectivity index (χ1) is 10.2. The number of amides is 1. The van der Waals surface area contributed by atoms with Crippen molar-refractivity contribution in [3.63, 3.8) is 0 Å². The minimum atomic E-state index is -0.0183. The van der Waals surface area contributed by atoms with Gasteiger partial charge in [0.25, 0.3) is 5.91 Å². The molecule has 0 radical (unpaired) electrons. The molecule has 104 valence electrons. The van der Waals surface area contributed by atoms with Crippen LogP contribution in [0.1, 0.15) is 10.4 Å². The molecule has 3 aromatic rings. The standard InChI is InChI=1S/C17H15N3O/c1-20(2)17(21)13-6-3-5-12(11-13)16-14-7-4-9-18-15(14)8-10-19-16/h3-11H,1-2H3.